The maximum atomic E-state index is 11.0. The molecule has 0 radical (unpaired) electrons. The van der Waals surface area contributed by atoms with E-state index in [1.165, 1.54) is 6.26 Å². The summed E-state index contributed by atoms with van der Waals surface area (Å²) in [6.45, 7) is 9.96. The molecular formula is C11H22NO2S+. The van der Waals surface area contributed by atoms with Gasteiger partial charge >= 0.3 is 0 Å². The second-order valence-corrected chi connectivity index (χ2v) is 6.53. The van der Waals surface area contributed by atoms with E-state index < -0.39 is 9.84 Å². The minimum Gasteiger partial charge on any atom is -0.320 e. The van der Waals surface area contributed by atoms with E-state index in [2.05, 4.69) is 20.2 Å². The summed E-state index contributed by atoms with van der Waals surface area (Å²) < 4.78 is 22.8. The SMILES string of the molecule is C=CC[N+](C)(CC=C)CCCS(C)(=O)=O. The molecule has 0 N–H and O–H groups in total. The Hall–Kier alpha value is -0.610. The van der Waals surface area contributed by atoms with Gasteiger partial charge in [0.15, 0.2) is 0 Å². The van der Waals surface area contributed by atoms with Crippen molar-refractivity contribution in [1.82, 2.24) is 0 Å². The van der Waals surface area contributed by atoms with Gasteiger partial charge in [-0.1, -0.05) is 13.2 Å². The molecule has 0 saturated carbocycles. The van der Waals surface area contributed by atoms with Gasteiger partial charge in [-0.3, -0.25) is 0 Å². The van der Waals surface area contributed by atoms with Gasteiger partial charge in [0.05, 0.1) is 32.4 Å². The van der Waals surface area contributed by atoms with Crippen molar-refractivity contribution in [2.24, 2.45) is 0 Å². The molecule has 0 aliphatic rings. The fourth-order valence-corrected chi connectivity index (χ4v) is 2.24. The van der Waals surface area contributed by atoms with E-state index in [9.17, 15) is 8.42 Å². The molecule has 0 aliphatic heterocycles. The Balaban J connectivity index is 4.18. The topological polar surface area (TPSA) is 34.1 Å². The molecule has 0 amide bonds. The van der Waals surface area contributed by atoms with Gasteiger partial charge in [0.25, 0.3) is 0 Å². The van der Waals surface area contributed by atoms with Crippen molar-refractivity contribution in [2.45, 2.75) is 6.42 Å². The Bertz CT molecular complexity index is 297. The van der Waals surface area contributed by atoms with Crippen LogP contribution in [-0.4, -0.2) is 51.6 Å². The molecule has 0 unspecified atom stereocenters. The monoisotopic (exact) mass is 232 g/mol. The van der Waals surface area contributed by atoms with Crippen LogP contribution in [0.4, 0.5) is 0 Å². The van der Waals surface area contributed by atoms with Gasteiger partial charge in [-0.05, 0) is 12.2 Å². The zero-order valence-corrected chi connectivity index (χ0v) is 10.6. The van der Waals surface area contributed by atoms with Crippen molar-refractivity contribution < 1.29 is 12.9 Å². The first kappa shape index (κ1) is 14.4. The first-order valence-corrected chi connectivity index (χ1v) is 7.12. The molecule has 0 heterocycles. The minimum absolute atomic E-state index is 0.259. The van der Waals surface area contributed by atoms with Gasteiger partial charge in [-0.25, -0.2) is 8.42 Å². The molecule has 0 spiro atoms. The zero-order valence-electron chi connectivity index (χ0n) is 9.78. The van der Waals surface area contributed by atoms with Crippen molar-refractivity contribution in [2.75, 3.05) is 38.7 Å². The average molecular weight is 232 g/mol. The van der Waals surface area contributed by atoms with E-state index in [0.717, 1.165) is 24.1 Å². The Labute approximate surface area is 93.6 Å². The summed E-state index contributed by atoms with van der Waals surface area (Å²) in [6.07, 6.45) is 5.70. The molecule has 0 saturated heterocycles. The smallest absolute Gasteiger partial charge is 0.147 e. The second-order valence-electron chi connectivity index (χ2n) is 4.27. The molecule has 0 atom stereocenters. The highest BCUT2D eigenvalue weighted by Gasteiger charge is 2.18. The number of rotatable bonds is 8. The number of quaternary nitrogens is 1. The van der Waals surface area contributed by atoms with E-state index in [1.54, 1.807) is 0 Å². The van der Waals surface area contributed by atoms with Crippen molar-refractivity contribution in [3.05, 3.63) is 25.3 Å². The van der Waals surface area contributed by atoms with Crippen LogP contribution in [0.3, 0.4) is 0 Å². The molecule has 0 rings (SSSR count). The molecular weight excluding hydrogens is 210 g/mol. The normalized spacial score (nSPS) is 12.4. The Kier molecular flexibility index (Phi) is 5.83. The van der Waals surface area contributed by atoms with Crippen LogP contribution in [0.2, 0.25) is 0 Å². The highest BCUT2D eigenvalue weighted by Crippen LogP contribution is 2.05. The van der Waals surface area contributed by atoms with Crippen molar-refractivity contribution >= 4 is 9.84 Å². The molecule has 15 heavy (non-hydrogen) atoms. The van der Waals surface area contributed by atoms with Crippen LogP contribution < -0.4 is 0 Å². The Morgan fingerprint density at radius 2 is 1.67 bits per heavy atom. The summed E-state index contributed by atoms with van der Waals surface area (Å²) >= 11 is 0. The van der Waals surface area contributed by atoms with Crippen molar-refractivity contribution in [3.63, 3.8) is 0 Å². The maximum absolute atomic E-state index is 11.0. The van der Waals surface area contributed by atoms with Crippen molar-refractivity contribution in [1.29, 1.82) is 0 Å². The van der Waals surface area contributed by atoms with Gasteiger partial charge in [0.2, 0.25) is 0 Å². The number of sulfone groups is 1. The van der Waals surface area contributed by atoms with Crippen molar-refractivity contribution in [3.8, 4) is 0 Å². The first-order chi connectivity index (χ1) is 6.83. The second kappa shape index (κ2) is 6.08. The molecule has 3 nitrogen and oxygen atoms in total. The van der Waals surface area contributed by atoms with Crippen LogP contribution in [0.15, 0.2) is 25.3 Å². The van der Waals surface area contributed by atoms with E-state index in [0.29, 0.717) is 6.42 Å². The van der Waals surface area contributed by atoms with Gasteiger partial charge in [-0.15, -0.1) is 0 Å². The zero-order chi connectivity index (χ0) is 11.9. The van der Waals surface area contributed by atoms with Gasteiger partial charge in [0.1, 0.15) is 9.84 Å². The molecule has 0 aromatic heterocycles. The van der Waals surface area contributed by atoms with E-state index in [1.807, 2.05) is 12.2 Å². The first-order valence-electron chi connectivity index (χ1n) is 5.06. The number of nitrogens with zero attached hydrogens (tertiary/aromatic N) is 1. The standard InChI is InChI=1S/C11H22NO2S/c1-5-8-12(3,9-6-2)10-7-11-15(4,13)14/h5-6H,1-2,7-11H2,3-4H3/q+1. The fourth-order valence-electron chi connectivity index (χ4n) is 1.59. The molecule has 0 aliphatic carbocycles. The third-order valence-electron chi connectivity index (χ3n) is 2.35. The predicted molar refractivity (Wildman–Crippen MR) is 65.5 cm³/mol. The highest BCUT2D eigenvalue weighted by atomic mass is 32.2. The lowest BCUT2D eigenvalue weighted by Gasteiger charge is -2.32. The van der Waals surface area contributed by atoms with E-state index in [-0.39, 0.29) is 5.75 Å². The summed E-state index contributed by atoms with van der Waals surface area (Å²) in [6, 6.07) is 0. The van der Waals surface area contributed by atoms with Crippen LogP contribution in [0.25, 0.3) is 0 Å². The molecule has 0 fully saturated rings. The summed E-state index contributed by atoms with van der Waals surface area (Å²) in [7, 11) is -0.749. The van der Waals surface area contributed by atoms with E-state index >= 15 is 0 Å². The van der Waals surface area contributed by atoms with Crippen LogP contribution in [-0.2, 0) is 9.84 Å². The number of likely N-dealkylation sites (N-methyl/N-ethyl adjacent to an activating group) is 1. The summed E-state index contributed by atoms with van der Waals surface area (Å²) in [4.78, 5) is 0. The molecule has 0 aromatic carbocycles. The lowest BCUT2D eigenvalue weighted by Crippen LogP contribution is -2.45. The lowest BCUT2D eigenvalue weighted by atomic mass is 10.3. The summed E-state index contributed by atoms with van der Waals surface area (Å²) in [5.74, 6) is 0.259. The predicted octanol–water partition coefficient (Wildman–Crippen LogP) is 1.24. The largest absolute Gasteiger partial charge is 0.320 e. The fraction of sp³-hybridized carbons (Fsp3) is 0.636. The third-order valence-corrected chi connectivity index (χ3v) is 3.38. The Morgan fingerprint density at radius 1 is 1.20 bits per heavy atom. The average Bonchev–Trinajstić information content (AvgIpc) is 2.01. The number of hydrogen-bond donors (Lipinski definition) is 0. The molecule has 88 valence electrons. The Morgan fingerprint density at radius 3 is 2.00 bits per heavy atom. The summed E-state index contributed by atoms with van der Waals surface area (Å²) in [5.41, 5.74) is 0. The minimum atomic E-state index is -2.84. The quantitative estimate of drug-likeness (QED) is 0.466. The highest BCUT2D eigenvalue weighted by molar-refractivity contribution is 7.90. The lowest BCUT2D eigenvalue weighted by molar-refractivity contribution is -0.898. The van der Waals surface area contributed by atoms with Gasteiger partial charge in [-0.2, -0.15) is 0 Å². The summed E-state index contributed by atoms with van der Waals surface area (Å²) in [5, 5.41) is 0. The van der Waals surface area contributed by atoms with Gasteiger partial charge in [0, 0.05) is 12.7 Å². The molecule has 0 bridgehead atoms. The van der Waals surface area contributed by atoms with Crippen LogP contribution >= 0.6 is 0 Å². The van der Waals surface area contributed by atoms with Crippen LogP contribution in [0.5, 0.6) is 0 Å². The van der Waals surface area contributed by atoms with E-state index in [4.69, 9.17) is 0 Å². The molecule has 4 heteroatoms. The number of hydrogen-bond acceptors (Lipinski definition) is 2. The van der Waals surface area contributed by atoms with Crippen LogP contribution in [0, 0.1) is 0 Å². The maximum Gasteiger partial charge on any atom is 0.147 e. The van der Waals surface area contributed by atoms with Gasteiger partial charge < -0.3 is 4.48 Å². The third kappa shape index (κ3) is 7.33. The van der Waals surface area contributed by atoms with Crippen LogP contribution in [0.1, 0.15) is 6.42 Å². The molecule has 0 aromatic rings.